The van der Waals surface area contributed by atoms with Crippen molar-refractivity contribution < 1.29 is 57.3 Å². The lowest BCUT2D eigenvalue weighted by molar-refractivity contribution is -0.384. The first kappa shape index (κ1) is 27.2. The van der Waals surface area contributed by atoms with Crippen LogP contribution in [0.5, 0.6) is 5.75 Å². The largest absolute Gasteiger partial charge is 0.463 e. The van der Waals surface area contributed by atoms with E-state index in [0.29, 0.717) is 6.29 Å². The van der Waals surface area contributed by atoms with Gasteiger partial charge in [-0.25, -0.2) is 0 Å². The van der Waals surface area contributed by atoms with Gasteiger partial charge in [0.25, 0.3) is 5.69 Å². The third-order valence-electron chi connectivity index (χ3n) is 4.52. The standard InChI is InChI=1S/C21H23NO13/c1-10(24)30-9-17-18(31-11(2)25)19(32-12(3)26)20(33-13(4)27)21(35-17)34-16-6-5-15(22(28)29)7-14(16)8-23/h5-8,17-21H,9H2,1-4H3/t17-,18+,19+,20-,21-/m1/s1. The number of carbonyl (C=O) groups is 5. The SMILES string of the molecule is CC(=O)OC[C@H]1O[C@@H](Oc2ccc([N+](=O)[O-])cc2C=O)[C@H](OC(C)=O)[C@@H](OC(C)=O)[C@H]1OC(C)=O. The highest BCUT2D eigenvalue weighted by molar-refractivity contribution is 5.80. The molecule has 1 aromatic carbocycles. The van der Waals surface area contributed by atoms with Gasteiger partial charge in [0.15, 0.2) is 18.5 Å². The molecule has 0 amide bonds. The first-order chi connectivity index (χ1) is 16.4. The van der Waals surface area contributed by atoms with Crippen molar-refractivity contribution in [3.8, 4) is 5.75 Å². The molecular formula is C21H23NO13. The number of non-ortho nitro benzene ring substituents is 1. The molecule has 5 atom stereocenters. The molecule has 1 saturated heterocycles. The Morgan fingerprint density at radius 2 is 1.51 bits per heavy atom. The summed E-state index contributed by atoms with van der Waals surface area (Å²) in [6.45, 7) is 3.83. The second kappa shape index (κ2) is 11.9. The third-order valence-corrected chi connectivity index (χ3v) is 4.52. The fourth-order valence-electron chi connectivity index (χ4n) is 3.26. The van der Waals surface area contributed by atoms with Crippen LogP contribution in [0.25, 0.3) is 0 Å². The highest BCUT2D eigenvalue weighted by atomic mass is 16.7. The van der Waals surface area contributed by atoms with Gasteiger partial charge in [0, 0.05) is 39.8 Å². The summed E-state index contributed by atoms with van der Waals surface area (Å²) in [6, 6.07) is 3.14. The molecule has 35 heavy (non-hydrogen) atoms. The molecule has 14 nitrogen and oxygen atoms in total. The summed E-state index contributed by atoms with van der Waals surface area (Å²) in [5.41, 5.74) is -0.618. The maximum atomic E-state index is 11.8. The summed E-state index contributed by atoms with van der Waals surface area (Å²) < 4.78 is 32.2. The van der Waals surface area contributed by atoms with Gasteiger partial charge in [-0.05, 0) is 6.07 Å². The molecule has 0 aromatic heterocycles. The van der Waals surface area contributed by atoms with E-state index in [4.69, 9.17) is 28.4 Å². The first-order valence-corrected chi connectivity index (χ1v) is 10.1. The minimum Gasteiger partial charge on any atom is -0.463 e. The minimum atomic E-state index is -1.59. The molecule has 0 saturated carbocycles. The molecule has 1 heterocycles. The van der Waals surface area contributed by atoms with E-state index in [2.05, 4.69) is 0 Å². The Balaban J connectivity index is 2.53. The first-order valence-electron chi connectivity index (χ1n) is 10.1. The number of benzene rings is 1. The average Bonchev–Trinajstić information content (AvgIpc) is 2.75. The summed E-state index contributed by atoms with van der Waals surface area (Å²) in [7, 11) is 0. The second-order valence-corrected chi connectivity index (χ2v) is 7.28. The van der Waals surface area contributed by atoms with E-state index in [-0.39, 0.29) is 17.0 Å². The predicted molar refractivity (Wildman–Crippen MR) is 111 cm³/mol. The molecule has 2 rings (SSSR count). The zero-order valence-electron chi connectivity index (χ0n) is 19.2. The van der Waals surface area contributed by atoms with Crippen LogP contribution in [0.4, 0.5) is 5.69 Å². The summed E-state index contributed by atoms with van der Waals surface area (Å²) >= 11 is 0. The van der Waals surface area contributed by atoms with Crippen LogP contribution in [0, 0.1) is 10.1 Å². The Hall–Kier alpha value is -4.07. The lowest BCUT2D eigenvalue weighted by Gasteiger charge is -2.44. The number of nitro groups is 1. The van der Waals surface area contributed by atoms with E-state index < -0.39 is 66.1 Å². The maximum absolute atomic E-state index is 11.8. The molecule has 1 aliphatic rings. The number of rotatable bonds is 9. The summed E-state index contributed by atoms with van der Waals surface area (Å²) in [5, 5.41) is 11.0. The zero-order valence-corrected chi connectivity index (χ0v) is 19.2. The van der Waals surface area contributed by atoms with Crippen LogP contribution in [-0.4, -0.2) is 72.4 Å². The van der Waals surface area contributed by atoms with Gasteiger partial charge < -0.3 is 28.4 Å². The second-order valence-electron chi connectivity index (χ2n) is 7.28. The van der Waals surface area contributed by atoms with E-state index in [1.54, 1.807) is 0 Å². The van der Waals surface area contributed by atoms with Crippen molar-refractivity contribution in [3.05, 3.63) is 33.9 Å². The van der Waals surface area contributed by atoms with Gasteiger partial charge in [0.2, 0.25) is 12.4 Å². The number of nitro benzene ring substituents is 1. The normalized spacial score (nSPS) is 23.4. The topological polar surface area (TPSA) is 184 Å². The zero-order chi connectivity index (χ0) is 26.3. The maximum Gasteiger partial charge on any atom is 0.303 e. The molecule has 14 heteroatoms. The number of hydrogen-bond donors (Lipinski definition) is 0. The molecular weight excluding hydrogens is 474 g/mol. The quantitative estimate of drug-likeness (QED) is 0.154. The molecule has 1 aromatic rings. The van der Waals surface area contributed by atoms with Crippen LogP contribution in [0.3, 0.4) is 0 Å². The molecule has 1 fully saturated rings. The number of aldehydes is 1. The van der Waals surface area contributed by atoms with Crippen molar-refractivity contribution >= 4 is 35.9 Å². The van der Waals surface area contributed by atoms with Gasteiger partial charge in [-0.2, -0.15) is 0 Å². The highest BCUT2D eigenvalue weighted by Gasteiger charge is 2.53. The van der Waals surface area contributed by atoms with E-state index in [1.165, 1.54) is 0 Å². The van der Waals surface area contributed by atoms with Crippen LogP contribution < -0.4 is 4.74 Å². The minimum absolute atomic E-state index is 0.188. The van der Waals surface area contributed by atoms with Crippen LogP contribution in [-0.2, 0) is 42.9 Å². The van der Waals surface area contributed by atoms with E-state index >= 15 is 0 Å². The van der Waals surface area contributed by atoms with Gasteiger partial charge in [-0.3, -0.25) is 34.1 Å². The molecule has 190 valence electrons. The number of esters is 4. The van der Waals surface area contributed by atoms with Crippen LogP contribution in [0.2, 0.25) is 0 Å². The highest BCUT2D eigenvalue weighted by Crippen LogP contribution is 2.32. The van der Waals surface area contributed by atoms with Crippen molar-refractivity contribution in [1.82, 2.24) is 0 Å². The number of hydrogen-bond acceptors (Lipinski definition) is 13. The molecule has 0 spiro atoms. The lowest BCUT2D eigenvalue weighted by atomic mass is 9.98. The monoisotopic (exact) mass is 497 g/mol. The number of ether oxygens (including phenoxy) is 6. The molecule has 0 radical (unpaired) electrons. The Bertz CT molecular complexity index is 1010. The average molecular weight is 497 g/mol. The van der Waals surface area contributed by atoms with Gasteiger partial charge in [0.05, 0.1) is 10.5 Å². The van der Waals surface area contributed by atoms with Crippen molar-refractivity contribution in [1.29, 1.82) is 0 Å². The van der Waals surface area contributed by atoms with Crippen molar-refractivity contribution in [2.75, 3.05) is 6.61 Å². The summed E-state index contributed by atoms with van der Waals surface area (Å²) in [4.78, 5) is 68.6. The molecule has 0 bridgehead atoms. The van der Waals surface area contributed by atoms with Crippen molar-refractivity contribution in [2.24, 2.45) is 0 Å². The van der Waals surface area contributed by atoms with E-state index in [1.807, 2.05) is 0 Å². The summed E-state index contributed by atoms with van der Waals surface area (Å²) in [5.74, 6) is -3.36. The van der Waals surface area contributed by atoms with Crippen LogP contribution in [0.1, 0.15) is 38.1 Å². The Labute approximate surface area is 198 Å². The van der Waals surface area contributed by atoms with Gasteiger partial charge >= 0.3 is 23.9 Å². The Kier molecular flexibility index (Phi) is 9.22. The number of nitrogens with zero attached hydrogens (tertiary/aromatic N) is 1. The molecule has 0 N–H and O–H groups in total. The Morgan fingerprint density at radius 3 is 2.03 bits per heavy atom. The van der Waals surface area contributed by atoms with E-state index in [0.717, 1.165) is 45.9 Å². The van der Waals surface area contributed by atoms with Crippen molar-refractivity contribution in [2.45, 2.75) is 58.4 Å². The molecule has 1 aliphatic heterocycles. The van der Waals surface area contributed by atoms with Crippen LogP contribution >= 0.6 is 0 Å². The molecule has 0 unspecified atom stereocenters. The Morgan fingerprint density at radius 1 is 0.943 bits per heavy atom. The third kappa shape index (κ3) is 7.46. The fourth-order valence-corrected chi connectivity index (χ4v) is 3.26. The van der Waals surface area contributed by atoms with Gasteiger partial charge in [0.1, 0.15) is 18.5 Å². The van der Waals surface area contributed by atoms with E-state index in [9.17, 15) is 34.1 Å². The predicted octanol–water partition coefficient (Wildman–Crippen LogP) is 0.869. The molecule has 0 aliphatic carbocycles. The lowest BCUT2D eigenvalue weighted by Crippen LogP contribution is -2.63. The number of carbonyl (C=O) groups excluding carboxylic acids is 5. The van der Waals surface area contributed by atoms with Gasteiger partial charge in [-0.15, -0.1) is 0 Å². The smallest absolute Gasteiger partial charge is 0.303 e. The van der Waals surface area contributed by atoms with Crippen molar-refractivity contribution in [3.63, 3.8) is 0 Å². The van der Waals surface area contributed by atoms with Crippen LogP contribution in [0.15, 0.2) is 18.2 Å². The fraction of sp³-hybridized carbons (Fsp3) is 0.476. The summed E-state index contributed by atoms with van der Waals surface area (Å²) in [6.07, 6.45) is -6.94. The van der Waals surface area contributed by atoms with Gasteiger partial charge in [-0.1, -0.05) is 0 Å².